The van der Waals surface area contributed by atoms with Gasteiger partial charge in [-0.1, -0.05) is 36.4 Å². The van der Waals surface area contributed by atoms with E-state index >= 15 is 0 Å². The van der Waals surface area contributed by atoms with Gasteiger partial charge in [0, 0.05) is 5.56 Å². The van der Waals surface area contributed by atoms with Gasteiger partial charge in [0.2, 0.25) is 5.12 Å². The molecule has 0 aliphatic rings. The minimum atomic E-state index is 0.105. The molecule has 1 heterocycles. The van der Waals surface area contributed by atoms with Crippen LogP contribution in [-0.4, -0.2) is 5.12 Å². The van der Waals surface area contributed by atoms with Crippen LogP contribution in [-0.2, 0) is 0 Å². The third kappa shape index (κ3) is 2.25. The van der Waals surface area contributed by atoms with E-state index in [9.17, 15) is 4.79 Å². The number of hydrogen-bond acceptors (Lipinski definition) is 3. The van der Waals surface area contributed by atoms with Gasteiger partial charge in [0.05, 0.1) is 4.21 Å². The van der Waals surface area contributed by atoms with Gasteiger partial charge in [-0.25, -0.2) is 0 Å². The van der Waals surface area contributed by atoms with Gasteiger partial charge in [0.15, 0.2) is 0 Å². The Hall–Kier alpha value is -1.06. The van der Waals surface area contributed by atoms with Crippen molar-refractivity contribution < 1.29 is 4.79 Å². The summed E-state index contributed by atoms with van der Waals surface area (Å²) in [7, 11) is 0. The van der Waals surface area contributed by atoms with Crippen molar-refractivity contribution in [3.63, 3.8) is 0 Å². The number of benzene rings is 1. The number of thiophene rings is 1. The molecule has 1 aromatic carbocycles. The monoisotopic (exact) mass is 220 g/mol. The summed E-state index contributed by atoms with van der Waals surface area (Å²) in [6.45, 7) is 0. The number of rotatable bonds is 2. The molecule has 0 bridgehead atoms. The van der Waals surface area contributed by atoms with E-state index in [1.165, 1.54) is 11.8 Å². The Morgan fingerprint density at radius 3 is 2.50 bits per heavy atom. The van der Waals surface area contributed by atoms with Crippen LogP contribution >= 0.6 is 23.1 Å². The van der Waals surface area contributed by atoms with Gasteiger partial charge in [-0.15, -0.1) is 11.3 Å². The van der Waals surface area contributed by atoms with Gasteiger partial charge in [-0.3, -0.25) is 4.79 Å². The summed E-state index contributed by atoms with van der Waals surface area (Å²) in [4.78, 5) is 11.7. The van der Waals surface area contributed by atoms with E-state index in [4.69, 9.17) is 0 Å². The third-order valence-electron chi connectivity index (χ3n) is 1.70. The summed E-state index contributed by atoms with van der Waals surface area (Å²) in [5, 5.41) is 2.08. The molecule has 0 unspecified atom stereocenters. The maximum absolute atomic E-state index is 11.7. The quantitative estimate of drug-likeness (QED) is 0.718. The normalized spacial score (nSPS) is 10.0. The van der Waals surface area contributed by atoms with Crippen molar-refractivity contribution in [1.82, 2.24) is 0 Å². The van der Waals surface area contributed by atoms with E-state index in [1.54, 1.807) is 11.3 Å². The van der Waals surface area contributed by atoms with E-state index < -0.39 is 0 Å². The predicted octanol–water partition coefficient (Wildman–Crippen LogP) is 3.68. The molecular weight excluding hydrogens is 212 g/mol. The Balaban J connectivity index is 2.11. The first-order chi connectivity index (χ1) is 6.86. The molecule has 2 aromatic rings. The van der Waals surface area contributed by atoms with Crippen LogP contribution in [0, 0.1) is 0 Å². The smallest absolute Gasteiger partial charge is 0.224 e. The summed E-state index contributed by atoms with van der Waals surface area (Å²) in [6.07, 6.45) is 0. The van der Waals surface area contributed by atoms with Gasteiger partial charge in [0.1, 0.15) is 0 Å². The fourth-order valence-corrected chi connectivity index (χ4v) is 2.66. The fourth-order valence-electron chi connectivity index (χ4n) is 1.05. The zero-order chi connectivity index (χ0) is 9.80. The topological polar surface area (TPSA) is 17.1 Å². The number of hydrogen-bond donors (Lipinski definition) is 0. The molecule has 2 rings (SSSR count). The van der Waals surface area contributed by atoms with Crippen molar-refractivity contribution in [2.45, 2.75) is 4.21 Å². The van der Waals surface area contributed by atoms with Crippen LogP contribution in [0.15, 0.2) is 52.1 Å². The first kappa shape index (κ1) is 9.49. The van der Waals surface area contributed by atoms with Crippen molar-refractivity contribution in [2.75, 3.05) is 0 Å². The number of carbonyl (C=O) groups excluding carboxylic acids is 1. The molecule has 1 nitrogen and oxygen atoms in total. The lowest BCUT2D eigenvalue weighted by Crippen LogP contribution is -1.90. The molecule has 0 amide bonds. The van der Waals surface area contributed by atoms with Crippen molar-refractivity contribution in [1.29, 1.82) is 0 Å². The highest BCUT2D eigenvalue weighted by atomic mass is 32.2. The Kier molecular flexibility index (Phi) is 3.01. The minimum absolute atomic E-state index is 0.105. The SMILES string of the molecule is O=C(Sc1cccs1)c1ccccc1. The summed E-state index contributed by atoms with van der Waals surface area (Å²) >= 11 is 2.87. The van der Waals surface area contributed by atoms with Crippen molar-refractivity contribution in [2.24, 2.45) is 0 Å². The van der Waals surface area contributed by atoms with E-state index in [0.29, 0.717) is 0 Å². The van der Waals surface area contributed by atoms with Crippen LogP contribution in [0.2, 0.25) is 0 Å². The lowest BCUT2D eigenvalue weighted by atomic mass is 10.2. The van der Waals surface area contributed by atoms with Crippen molar-refractivity contribution in [3.8, 4) is 0 Å². The van der Waals surface area contributed by atoms with Gasteiger partial charge in [-0.05, 0) is 23.2 Å². The van der Waals surface area contributed by atoms with E-state index in [-0.39, 0.29) is 5.12 Å². The molecule has 0 saturated carbocycles. The third-order valence-corrected chi connectivity index (χ3v) is 3.66. The van der Waals surface area contributed by atoms with Crippen molar-refractivity contribution in [3.05, 3.63) is 53.4 Å². The molecule has 1 aromatic heterocycles. The highest BCUT2D eigenvalue weighted by Crippen LogP contribution is 2.26. The molecule has 0 fully saturated rings. The molecular formula is C11H8OS2. The average Bonchev–Trinajstić information content (AvgIpc) is 2.72. The zero-order valence-electron chi connectivity index (χ0n) is 7.34. The van der Waals surface area contributed by atoms with Crippen LogP contribution in [0.25, 0.3) is 0 Å². The van der Waals surface area contributed by atoms with Crippen LogP contribution in [0.5, 0.6) is 0 Å². The maximum atomic E-state index is 11.7. The lowest BCUT2D eigenvalue weighted by molar-refractivity contribution is 0.108. The van der Waals surface area contributed by atoms with Crippen LogP contribution < -0.4 is 0 Å². The van der Waals surface area contributed by atoms with Gasteiger partial charge < -0.3 is 0 Å². The van der Waals surface area contributed by atoms with Gasteiger partial charge in [0.25, 0.3) is 0 Å². The fraction of sp³-hybridized carbons (Fsp3) is 0. The predicted molar refractivity (Wildman–Crippen MR) is 60.9 cm³/mol. The van der Waals surface area contributed by atoms with E-state index in [1.807, 2.05) is 47.8 Å². The summed E-state index contributed by atoms with van der Waals surface area (Å²) in [6, 6.07) is 13.2. The molecule has 70 valence electrons. The second-order valence-electron chi connectivity index (χ2n) is 2.69. The molecule has 14 heavy (non-hydrogen) atoms. The Bertz CT molecular complexity index is 406. The molecule has 0 radical (unpaired) electrons. The largest absolute Gasteiger partial charge is 0.281 e. The van der Waals surface area contributed by atoms with E-state index in [0.717, 1.165) is 9.77 Å². The van der Waals surface area contributed by atoms with Gasteiger partial charge >= 0.3 is 0 Å². The molecule has 0 atom stereocenters. The summed E-state index contributed by atoms with van der Waals surface area (Å²) < 4.78 is 1.04. The molecule has 3 heteroatoms. The highest BCUT2D eigenvalue weighted by molar-refractivity contribution is 8.15. The summed E-state index contributed by atoms with van der Waals surface area (Å²) in [5.41, 5.74) is 0.755. The van der Waals surface area contributed by atoms with Crippen molar-refractivity contribution >= 4 is 28.2 Å². The van der Waals surface area contributed by atoms with Crippen LogP contribution in [0.4, 0.5) is 0 Å². The Morgan fingerprint density at radius 1 is 1.07 bits per heavy atom. The molecule has 0 aliphatic heterocycles. The number of carbonyl (C=O) groups is 1. The molecule has 0 N–H and O–H groups in total. The average molecular weight is 220 g/mol. The molecule has 0 aliphatic carbocycles. The Morgan fingerprint density at radius 2 is 1.86 bits per heavy atom. The first-order valence-electron chi connectivity index (χ1n) is 4.17. The van der Waals surface area contributed by atoms with Gasteiger partial charge in [-0.2, -0.15) is 0 Å². The minimum Gasteiger partial charge on any atom is -0.281 e. The zero-order valence-corrected chi connectivity index (χ0v) is 8.98. The maximum Gasteiger partial charge on any atom is 0.224 e. The Labute approximate surface area is 90.8 Å². The van der Waals surface area contributed by atoms with Crippen LogP contribution in [0.3, 0.4) is 0 Å². The van der Waals surface area contributed by atoms with Crippen LogP contribution in [0.1, 0.15) is 10.4 Å². The second-order valence-corrected chi connectivity index (χ2v) is 4.91. The standard InChI is InChI=1S/C11H8OS2/c12-11(9-5-2-1-3-6-9)14-10-7-4-8-13-10/h1-8H. The first-order valence-corrected chi connectivity index (χ1v) is 5.86. The number of thioether (sulfide) groups is 1. The highest BCUT2D eigenvalue weighted by Gasteiger charge is 2.07. The lowest BCUT2D eigenvalue weighted by Gasteiger charge is -1.96. The molecule has 0 saturated heterocycles. The molecule has 0 spiro atoms. The van der Waals surface area contributed by atoms with E-state index in [2.05, 4.69) is 0 Å². The second kappa shape index (κ2) is 4.44. The summed E-state index contributed by atoms with van der Waals surface area (Å²) in [5.74, 6) is 0.